The summed E-state index contributed by atoms with van der Waals surface area (Å²) in [6, 6.07) is 11.9. The van der Waals surface area contributed by atoms with Crippen molar-refractivity contribution < 1.29 is 4.39 Å². The Labute approximate surface area is 121 Å². The van der Waals surface area contributed by atoms with Crippen LogP contribution in [0.25, 0.3) is 22.2 Å². The third-order valence-corrected chi connectivity index (χ3v) is 3.64. The van der Waals surface area contributed by atoms with Gasteiger partial charge in [0.1, 0.15) is 11.5 Å². The second-order valence-corrected chi connectivity index (χ2v) is 5.03. The molecule has 21 heavy (non-hydrogen) atoms. The van der Waals surface area contributed by atoms with Gasteiger partial charge in [-0.1, -0.05) is 6.07 Å². The first-order valence-electron chi connectivity index (χ1n) is 6.60. The number of hydrogen-bond donors (Lipinski definition) is 0. The van der Waals surface area contributed by atoms with E-state index >= 15 is 0 Å². The Hall–Kier alpha value is -2.62. The van der Waals surface area contributed by atoms with Crippen LogP contribution in [0.4, 0.5) is 10.1 Å². The SMILES string of the molecule is Cc1cc2nc(-c3ccc(F)cc3)ccc2c(C)c1N=O. The monoisotopic (exact) mass is 280 g/mol. The van der Waals surface area contributed by atoms with Crippen molar-refractivity contribution in [2.24, 2.45) is 5.18 Å². The van der Waals surface area contributed by atoms with Gasteiger partial charge in [0, 0.05) is 10.9 Å². The first-order valence-corrected chi connectivity index (χ1v) is 6.60. The Balaban J connectivity index is 2.21. The minimum Gasteiger partial charge on any atom is -0.248 e. The van der Waals surface area contributed by atoms with E-state index in [2.05, 4.69) is 10.2 Å². The summed E-state index contributed by atoms with van der Waals surface area (Å²) in [5.41, 5.74) is 4.54. The van der Waals surface area contributed by atoms with E-state index in [0.717, 1.165) is 33.3 Å². The van der Waals surface area contributed by atoms with Crippen LogP contribution in [0.3, 0.4) is 0 Å². The molecule has 1 aromatic heterocycles. The molecule has 0 aliphatic rings. The average molecular weight is 280 g/mol. The highest BCUT2D eigenvalue weighted by Crippen LogP contribution is 2.31. The molecule has 0 aliphatic carbocycles. The molecule has 3 rings (SSSR count). The van der Waals surface area contributed by atoms with Crippen LogP contribution in [0.5, 0.6) is 0 Å². The lowest BCUT2D eigenvalue weighted by molar-refractivity contribution is 0.628. The normalized spacial score (nSPS) is 10.8. The second kappa shape index (κ2) is 5.05. The fourth-order valence-electron chi connectivity index (χ4n) is 2.52. The van der Waals surface area contributed by atoms with E-state index in [1.54, 1.807) is 12.1 Å². The van der Waals surface area contributed by atoms with E-state index in [1.165, 1.54) is 12.1 Å². The Bertz CT molecular complexity index is 842. The molecule has 0 saturated heterocycles. The summed E-state index contributed by atoms with van der Waals surface area (Å²) in [5, 5.41) is 3.99. The molecule has 104 valence electrons. The fourth-order valence-corrected chi connectivity index (χ4v) is 2.52. The molecule has 2 aromatic carbocycles. The molecular formula is C17H13FN2O. The van der Waals surface area contributed by atoms with E-state index in [4.69, 9.17) is 0 Å². The number of hydrogen-bond acceptors (Lipinski definition) is 3. The number of nitrogens with zero attached hydrogens (tertiary/aromatic N) is 2. The maximum Gasteiger partial charge on any atom is 0.123 e. The summed E-state index contributed by atoms with van der Waals surface area (Å²) in [4.78, 5) is 15.5. The van der Waals surface area contributed by atoms with E-state index in [0.29, 0.717) is 5.69 Å². The molecule has 0 bridgehead atoms. The third-order valence-electron chi connectivity index (χ3n) is 3.64. The number of pyridine rings is 1. The standard InChI is InChI=1S/C17H13FN2O/c1-10-9-16-14(11(2)17(10)20-21)7-8-15(19-16)12-3-5-13(18)6-4-12/h3-9H,1-2H3. The molecule has 0 amide bonds. The van der Waals surface area contributed by atoms with Crippen LogP contribution >= 0.6 is 0 Å². The summed E-state index contributed by atoms with van der Waals surface area (Å²) in [6.45, 7) is 3.71. The lowest BCUT2D eigenvalue weighted by Crippen LogP contribution is -1.90. The number of rotatable bonds is 2. The second-order valence-electron chi connectivity index (χ2n) is 5.03. The van der Waals surface area contributed by atoms with E-state index in [1.807, 2.05) is 32.0 Å². The highest BCUT2D eigenvalue weighted by atomic mass is 19.1. The molecule has 3 nitrogen and oxygen atoms in total. The number of nitroso groups, excluding NO2 is 1. The van der Waals surface area contributed by atoms with Crippen molar-refractivity contribution in [3.63, 3.8) is 0 Å². The van der Waals surface area contributed by atoms with Gasteiger partial charge in [-0.2, -0.15) is 0 Å². The molecular weight excluding hydrogens is 267 g/mol. The maximum absolute atomic E-state index is 13.0. The molecule has 1 heterocycles. The van der Waals surface area contributed by atoms with Gasteiger partial charge in [0.25, 0.3) is 0 Å². The highest BCUT2D eigenvalue weighted by molar-refractivity contribution is 5.89. The van der Waals surface area contributed by atoms with Gasteiger partial charge >= 0.3 is 0 Å². The van der Waals surface area contributed by atoms with E-state index in [9.17, 15) is 9.30 Å². The van der Waals surface area contributed by atoms with Crippen molar-refractivity contribution in [1.29, 1.82) is 0 Å². The lowest BCUT2D eigenvalue weighted by atomic mass is 10.0. The molecule has 0 unspecified atom stereocenters. The average Bonchev–Trinajstić information content (AvgIpc) is 2.48. The topological polar surface area (TPSA) is 42.3 Å². The predicted octanol–water partition coefficient (Wildman–Crippen LogP) is 5.06. The lowest BCUT2D eigenvalue weighted by Gasteiger charge is -2.09. The zero-order valence-corrected chi connectivity index (χ0v) is 11.7. The fraction of sp³-hybridized carbons (Fsp3) is 0.118. The molecule has 3 aromatic rings. The Morgan fingerprint density at radius 3 is 2.43 bits per heavy atom. The first kappa shape index (κ1) is 13.4. The van der Waals surface area contributed by atoms with Crippen molar-refractivity contribution in [1.82, 2.24) is 4.98 Å². The number of aryl methyl sites for hydroxylation is 2. The molecule has 0 atom stereocenters. The molecule has 0 spiro atoms. The van der Waals surface area contributed by atoms with Gasteiger partial charge in [0.2, 0.25) is 0 Å². The van der Waals surface area contributed by atoms with Gasteiger partial charge in [0.15, 0.2) is 0 Å². The van der Waals surface area contributed by atoms with Crippen molar-refractivity contribution in [2.75, 3.05) is 0 Å². The summed E-state index contributed by atoms with van der Waals surface area (Å²) >= 11 is 0. The molecule has 0 N–H and O–H groups in total. The van der Waals surface area contributed by atoms with Crippen LogP contribution in [0.2, 0.25) is 0 Å². The molecule has 4 heteroatoms. The first-order chi connectivity index (χ1) is 10.1. The van der Waals surface area contributed by atoms with Crippen LogP contribution in [-0.4, -0.2) is 4.98 Å². The number of halogens is 1. The van der Waals surface area contributed by atoms with Gasteiger partial charge in [-0.25, -0.2) is 9.37 Å². The van der Waals surface area contributed by atoms with Crippen LogP contribution in [0.15, 0.2) is 47.6 Å². The molecule has 0 radical (unpaired) electrons. The number of benzene rings is 2. The molecule has 0 aliphatic heterocycles. The van der Waals surface area contributed by atoms with E-state index < -0.39 is 0 Å². The van der Waals surface area contributed by atoms with E-state index in [-0.39, 0.29) is 5.82 Å². The quantitative estimate of drug-likeness (QED) is 0.616. The van der Waals surface area contributed by atoms with Gasteiger partial charge in [-0.3, -0.25) is 0 Å². The van der Waals surface area contributed by atoms with Crippen molar-refractivity contribution in [2.45, 2.75) is 13.8 Å². The Morgan fingerprint density at radius 1 is 1.05 bits per heavy atom. The molecule has 0 saturated carbocycles. The largest absolute Gasteiger partial charge is 0.248 e. The van der Waals surface area contributed by atoms with Crippen molar-refractivity contribution in [3.8, 4) is 11.3 Å². The van der Waals surface area contributed by atoms with Crippen LogP contribution in [0, 0.1) is 24.6 Å². The minimum absolute atomic E-state index is 0.270. The van der Waals surface area contributed by atoms with Gasteiger partial charge in [-0.15, -0.1) is 4.91 Å². The Kier molecular flexibility index (Phi) is 3.22. The van der Waals surface area contributed by atoms with Crippen LogP contribution in [-0.2, 0) is 0 Å². The minimum atomic E-state index is -0.270. The zero-order chi connectivity index (χ0) is 15.0. The summed E-state index contributed by atoms with van der Waals surface area (Å²) < 4.78 is 13.0. The third kappa shape index (κ3) is 2.29. The maximum atomic E-state index is 13.0. The molecule has 0 fully saturated rings. The zero-order valence-electron chi connectivity index (χ0n) is 11.7. The van der Waals surface area contributed by atoms with Crippen molar-refractivity contribution in [3.05, 3.63) is 64.3 Å². The van der Waals surface area contributed by atoms with Gasteiger partial charge < -0.3 is 0 Å². The summed E-state index contributed by atoms with van der Waals surface area (Å²) in [7, 11) is 0. The van der Waals surface area contributed by atoms with Crippen molar-refractivity contribution >= 4 is 16.6 Å². The summed E-state index contributed by atoms with van der Waals surface area (Å²) in [5.74, 6) is -0.270. The predicted molar refractivity (Wildman–Crippen MR) is 82.1 cm³/mol. The van der Waals surface area contributed by atoms with Gasteiger partial charge in [-0.05, 0) is 66.5 Å². The highest BCUT2D eigenvalue weighted by Gasteiger charge is 2.10. The van der Waals surface area contributed by atoms with Crippen LogP contribution in [0.1, 0.15) is 11.1 Å². The van der Waals surface area contributed by atoms with Crippen LogP contribution < -0.4 is 0 Å². The number of aromatic nitrogens is 1. The Morgan fingerprint density at radius 2 is 1.76 bits per heavy atom. The summed E-state index contributed by atoms with van der Waals surface area (Å²) in [6.07, 6.45) is 0. The smallest absolute Gasteiger partial charge is 0.123 e. The van der Waals surface area contributed by atoms with Gasteiger partial charge in [0.05, 0.1) is 11.2 Å². The number of fused-ring (bicyclic) bond motifs is 1.